The molecule has 2 aliphatic heterocycles. The molecule has 0 radical (unpaired) electrons. The molecule has 3 rings (SSSR count). The highest BCUT2D eigenvalue weighted by Gasteiger charge is 2.38. The summed E-state index contributed by atoms with van der Waals surface area (Å²) in [5.74, 6) is -0.648. The van der Waals surface area contributed by atoms with Gasteiger partial charge < -0.3 is 9.80 Å². The molecule has 0 aromatic heterocycles. The predicted octanol–water partition coefficient (Wildman–Crippen LogP) is 1.51. The van der Waals surface area contributed by atoms with Gasteiger partial charge in [-0.15, -0.1) is 0 Å². The number of carbonyl (C=O) groups excluding carboxylic acids is 2. The van der Waals surface area contributed by atoms with E-state index in [-0.39, 0.29) is 36.5 Å². The zero-order chi connectivity index (χ0) is 18.2. The van der Waals surface area contributed by atoms with Crippen LogP contribution in [0.15, 0.2) is 24.3 Å². The lowest BCUT2D eigenvalue weighted by Gasteiger charge is -2.23. The Labute approximate surface area is 152 Å². The van der Waals surface area contributed by atoms with Crippen molar-refractivity contribution in [2.45, 2.75) is 18.1 Å². The summed E-state index contributed by atoms with van der Waals surface area (Å²) in [6.07, 6.45) is 0.515. The number of sulfone groups is 1. The van der Waals surface area contributed by atoms with Crippen molar-refractivity contribution in [2.24, 2.45) is 5.92 Å². The van der Waals surface area contributed by atoms with Crippen molar-refractivity contribution < 1.29 is 18.0 Å². The summed E-state index contributed by atoms with van der Waals surface area (Å²) >= 11 is 6.18. The van der Waals surface area contributed by atoms with Crippen LogP contribution in [-0.4, -0.2) is 62.5 Å². The molecule has 6 nitrogen and oxygen atoms in total. The minimum atomic E-state index is -3.40. The minimum absolute atomic E-state index is 0.0465. The van der Waals surface area contributed by atoms with Crippen LogP contribution in [0.3, 0.4) is 0 Å². The number of amides is 2. The SMILES string of the molecule is CN1C[C@H](C(=O)N2CC[C@H](c3ccccc3Cl)S(=O)(=O)CC2)CC1=O. The van der Waals surface area contributed by atoms with Crippen LogP contribution in [0, 0.1) is 5.92 Å². The lowest BCUT2D eigenvalue weighted by atomic mass is 10.1. The molecule has 136 valence electrons. The second-order valence-corrected chi connectivity index (χ2v) is 9.38. The van der Waals surface area contributed by atoms with E-state index in [9.17, 15) is 18.0 Å². The summed E-state index contributed by atoms with van der Waals surface area (Å²) in [6.45, 7) is 0.910. The summed E-state index contributed by atoms with van der Waals surface area (Å²) in [4.78, 5) is 27.5. The molecular formula is C17H21ClN2O4S. The first kappa shape index (κ1) is 18.2. The first-order valence-corrected chi connectivity index (χ1v) is 10.4. The average molecular weight is 385 g/mol. The quantitative estimate of drug-likeness (QED) is 0.774. The molecule has 0 aliphatic carbocycles. The zero-order valence-electron chi connectivity index (χ0n) is 14.0. The number of hydrogen-bond acceptors (Lipinski definition) is 4. The first-order chi connectivity index (χ1) is 11.8. The molecule has 2 heterocycles. The molecule has 1 aromatic rings. The number of rotatable bonds is 2. The summed E-state index contributed by atoms with van der Waals surface area (Å²) in [5.41, 5.74) is 0.592. The van der Waals surface area contributed by atoms with Crippen molar-refractivity contribution in [2.75, 3.05) is 32.4 Å². The molecule has 0 bridgehead atoms. The lowest BCUT2D eigenvalue weighted by molar-refractivity contribution is -0.135. The van der Waals surface area contributed by atoms with E-state index in [4.69, 9.17) is 11.6 Å². The highest BCUT2D eigenvalue weighted by molar-refractivity contribution is 7.91. The number of nitrogens with zero attached hydrogens (tertiary/aromatic N) is 2. The molecule has 2 aliphatic rings. The summed E-state index contributed by atoms with van der Waals surface area (Å²) in [5, 5.41) is -0.272. The van der Waals surface area contributed by atoms with Crippen molar-refractivity contribution in [1.82, 2.24) is 9.80 Å². The Bertz CT molecular complexity index is 796. The number of carbonyl (C=O) groups is 2. The van der Waals surface area contributed by atoms with Crippen LogP contribution < -0.4 is 0 Å². The molecule has 25 heavy (non-hydrogen) atoms. The van der Waals surface area contributed by atoms with Crippen molar-refractivity contribution in [3.8, 4) is 0 Å². The van der Waals surface area contributed by atoms with Crippen LogP contribution in [0.5, 0.6) is 0 Å². The van der Waals surface area contributed by atoms with E-state index in [0.29, 0.717) is 30.1 Å². The lowest BCUT2D eigenvalue weighted by Crippen LogP contribution is -2.39. The fourth-order valence-corrected chi connectivity index (χ4v) is 5.69. The highest BCUT2D eigenvalue weighted by Crippen LogP contribution is 2.34. The van der Waals surface area contributed by atoms with Gasteiger partial charge in [-0.1, -0.05) is 29.8 Å². The van der Waals surface area contributed by atoms with Crippen LogP contribution in [0.4, 0.5) is 0 Å². The van der Waals surface area contributed by atoms with E-state index in [1.54, 1.807) is 41.1 Å². The maximum atomic E-state index is 12.7. The van der Waals surface area contributed by atoms with Crippen LogP contribution in [0.1, 0.15) is 23.7 Å². The van der Waals surface area contributed by atoms with Gasteiger partial charge in [0.2, 0.25) is 11.8 Å². The van der Waals surface area contributed by atoms with Gasteiger partial charge in [0.25, 0.3) is 0 Å². The Hall–Kier alpha value is -1.60. The van der Waals surface area contributed by atoms with Crippen LogP contribution >= 0.6 is 11.6 Å². The second-order valence-electron chi connectivity index (χ2n) is 6.67. The third kappa shape index (κ3) is 3.67. The molecule has 0 saturated carbocycles. The largest absolute Gasteiger partial charge is 0.345 e. The maximum absolute atomic E-state index is 12.7. The standard InChI is InChI=1S/C17H21ClN2O4S/c1-19-11-12(10-16(19)21)17(22)20-7-6-15(25(23,24)9-8-20)13-4-2-3-5-14(13)18/h2-5,12,15H,6-11H2,1H3/t12-,15-/m1/s1. The topological polar surface area (TPSA) is 74.8 Å². The summed E-state index contributed by atoms with van der Waals surface area (Å²) in [6, 6.07) is 6.94. The van der Waals surface area contributed by atoms with Crippen molar-refractivity contribution in [3.05, 3.63) is 34.9 Å². The number of hydrogen-bond donors (Lipinski definition) is 0. The van der Waals surface area contributed by atoms with E-state index in [0.717, 1.165) is 0 Å². The molecule has 8 heteroatoms. The number of likely N-dealkylation sites (tertiary alicyclic amines) is 1. The van der Waals surface area contributed by atoms with E-state index in [1.165, 1.54) is 0 Å². The van der Waals surface area contributed by atoms with Gasteiger partial charge in [0, 0.05) is 38.1 Å². The van der Waals surface area contributed by atoms with Gasteiger partial charge >= 0.3 is 0 Å². The van der Waals surface area contributed by atoms with Crippen molar-refractivity contribution in [1.29, 1.82) is 0 Å². The van der Waals surface area contributed by atoms with Gasteiger partial charge in [-0.3, -0.25) is 9.59 Å². The van der Waals surface area contributed by atoms with E-state index in [2.05, 4.69) is 0 Å². The number of halogens is 1. The van der Waals surface area contributed by atoms with E-state index >= 15 is 0 Å². The van der Waals surface area contributed by atoms with E-state index in [1.807, 2.05) is 0 Å². The molecule has 2 fully saturated rings. The van der Waals surface area contributed by atoms with Crippen molar-refractivity contribution >= 4 is 33.3 Å². The smallest absolute Gasteiger partial charge is 0.228 e. The Kier molecular flexibility index (Phi) is 5.06. The fourth-order valence-electron chi connectivity index (χ4n) is 3.54. The predicted molar refractivity (Wildman–Crippen MR) is 94.9 cm³/mol. The molecule has 2 amide bonds. The molecule has 2 saturated heterocycles. The minimum Gasteiger partial charge on any atom is -0.345 e. The van der Waals surface area contributed by atoms with Gasteiger partial charge in [-0.25, -0.2) is 8.42 Å². The van der Waals surface area contributed by atoms with Gasteiger partial charge in [0.05, 0.1) is 16.9 Å². The highest BCUT2D eigenvalue weighted by atomic mass is 35.5. The van der Waals surface area contributed by atoms with Crippen LogP contribution in [-0.2, 0) is 19.4 Å². The molecule has 0 N–H and O–H groups in total. The molecule has 0 spiro atoms. The Morgan fingerprint density at radius 3 is 2.60 bits per heavy atom. The molecule has 2 atom stereocenters. The average Bonchev–Trinajstić information content (AvgIpc) is 2.81. The molecule has 1 aromatic carbocycles. The van der Waals surface area contributed by atoms with Gasteiger partial charge in [-0.2, -0.15) is 0 Å². The normalized spacial score (nSPS) is 26.6. The fraction of sp³-hybridized carbons (Fsp3) is 0.529. The number of benzene rings is 1. The van der Waals surface area contributed by atoms with Gasteiger partial charge in [0.15, 0.2) is 9.84 Å². The van der Waals surface area contributed by atoms with Gasteiger partial charge in [-0.05, 0) is 18.1 Å². The van der Waals surface area contributed by atoms with Crippen LogP contribution in [0.25, 0.3) is 0 Å². The monoisotopic (exact) mass is 384 g/mol. The third-order valence-corrected chi connectivity index (χ3v) is 7.45. The summed E-state index contributed by atoms with van der Waals surface area (Å²) in [7, 11) is -1.73. The zero-order valence-corrected chi connectivity index (χ0v) is 15.6. The van der Waals surface area contributed by atoms with E-state index < -0.39 is 15.1 Å². The van der Waals surface area contributed by atoms with Crippen LogP contribution in [0.2, 0.25) is 5.02 Å². The Balaban J connectivity index is 1.78. The third-order valence-electron chi connectivity index (χ3n) is 4.99. The molecular weight excluding hydrogens is 364 g/mol. The van der Waals surface area contributed by atoms with Gasteiger partial charge in [0.1, 0.15) is 0 Å². The Morgan fingerprint density at radius 2 is 1.96 bits per heavy atom. The molecule has 0 unspecified atom stereocenters. The van der Waals surface area contributed by atoms with Crippen molar-refractivity contribution in [3.63, 3.8) is 0 Å². The maximum Gasteiger partial charge on any atom is 0.228 e. The first-order valence-electron chi connectivity index (χ1n) is 8.28. The second kappa shape index (κ2) is 6.96. The summed E-state index contributed by atoms with van der Waals surface area (Å²) < 4.78 is 25.4. The Morgan fingerprint density at radius 1 is 1.24 bits per heavy atom.